The lowest BCUT2D eigenvalue weighted by Gasteiger charge is -2.36. The Morgan fingerprint density at radius 1 is 1.13 bits per heavy atom. The van der Waals surface area contributed by atoms with Gasteiger partial charge in [0.05, 0.1) is 16.6 Å². The summed E-state index contributed by atoms with van der Waals surface area (Å²) in [7, 11) is 0. The standard InChI is InChI=1S/C24H28N4O2/c1-4-9-27-10-12-28(13-11-27)19-14-18(25-15(2)3)20-21-22(19)26-30-24(21)17-8-6-5-7-16(17)23(20)29/h5-8,14-15,25H,4,9-13H2,1-3H3. The molecule has 2 heterocycles. The molecule has 1 saturated heterocycles. The number of nitrogens with zero attached hydrogens (tertiary/aromatic N) is 3. The van der Waals surface area contributed by atoms with E-state index >= 15 is 0 Å². The number of hydrogen-bond donors (Lipinski definition) is 1. The van der Waals surface area contributed by atoms with Gasteiger partial charge in [0.2, 0.25) is 0 Å². The van der Waals surface area contributed by atoms with Gasteiger partial charge in [0.1, 0.15) is 5.52 Å². The van der Waals surface area contributed by atoms with E-state index < -0.39 is 0 Å². The highest BCUT2D eigenvalue weighted by Crippen LogP contribution is 2.46. The van der Waals surface area contributed by atoms with Crippen LogP contribution in [0.4, 0.5) is 11.4 Å². The summed E-state index contributed by atoms with van der Waals surface area (Å²) in [5.41, 5.74) is 4.90. The first-order valence-electron chi connectivity index (χ1n) is 10.9. The highest BCUT2D eigenvalue weighted by atomic mass is 16.5. The van der Waals surface area contributed by atoms with E-state index in [4.69, 9.17) is 4.52 Å². The van der Waals surface area contributed by atoms with Gasteiger partial charge in [-0.15, -0.1) is 0 Å². The summed E-state index contributed by atoms with van der Waals surface area (Å²) < 4.78 is 5.86. The van der Waals surface area contributed by atoms with Crippen molar-refractivity contribution >= 4 is 28.1 Å². The first-order chi connectivity index (χ1) is 14.6. The topological polar surface area (TPSA) is 61.6 Å². The van der Waals surface area contributed by atoms with Crippen LogP contribution >= 0.6 is 0 Å². The number of rotatable bonds is 5. The molecule has 2 aliphatic rings. The fourth-order valence-corrected chi connectivity index (χ4v) is 4.74. The number of carbonyl (C=O) groups excluding carboxylic acids is 1. The number of piperazine rings is 1. The average Bonchev–Trinajstić information content (AvgIpc) is 3.18. The van der Waals surface area contributed by atoms with E-state index in [1.807, 2.05) is 24.3 Å². The second-order valence-electron chi connectivity index (χ2n) is 8.56. The minimum atomic E-state index is 0.0359. The molecule has 1 aliphatic heterocycles. The molecule has 1 aromatic heterocycles. The molecule has 1 N–H and O–H groups in total. The fraction of sp³-hybridized carbons (Fsp3) is 0.417. The van der Waals surface area contributed by atoms with Crippen LogP contribution in [0.1, 0.15) is 43.1 Å². The van der Waals surface area contributed by atoms with E-state index in [1.54, 1.807) is 0 Å². The average molecular weight is 405 g/mol. The van der Waals surface area contributed by atoms with Crippen molar-refractivity contribution in [3.8, 4) is 11.3 Å². The van der Waals surface area contributed by atoms with Crippen molar-refractivity contribution in [3.05, 3.63) is 41.5 Å². The van der Waals surface area contributed by atoms with Crippen molar-refractivity contribution < 1.29 is 9.32 Å². The lowest BCUT2D eigenvalue weighted by Crippen LogP contribution is -2.46. The summed E-state index contributed by atoms with van der Waals surface area (Å²) in [6.07, 6.45) is 1.18. The molecule has 6 heteroatoms. The van der Waals surface area contributed by atoms with E-state index in [0.29, 0.717) is 16.9 Å². The largest absolute Gasteiger partial charge is 0.382 e. The van der Waals surface area contributed by atoms with E-state index in [0.717, 1.165) is 60.6 Å². The van der Waals surface area contributed by atoms with E-state index in [9.17, 15) is 4.79 Å². The van der Waals surface area contributed by atoms with Crippen LogP contribution in [0.3, 0.4) is 0 Å². The molecule has 3 aromatic rings. The van der Waals surface area contributed by atoms with Crippen LogP contribution in [0.25, 0.3) is 22.2 Å². The van der Waals surface area contributed by atoms with Crippen LogP contribution in [0, 0.1) is 0 Å². The molecule has 0 bridgehead atoms. The number of ketones is 1. The third-order valence-electron chi connectivity index (χ3n) is 6.08. The van der Waals surface area contributed by atoms with Crippen molar-refractivity contribution in [1.82, 2.24) is 10.1 Å². The third-order valence-corrected chi connectivity index (χ3v) is 6.08. The van der Waals surface area contributed by atoms with Gasteiger partial charge in [0, 0.05) is 49.0 Å². The minimum Gasteiger partial charge on any atom is -0.382 e. The van der Waals surface area contributed by atoms with Gasteiger partial charge in [0.15, 0.2) is 11.5 Å². The monoisotopic (exact) mass is 404 g/mol. The molecule has 0 spiro atoms. The second kappa shape index (κ2) is 7.43. The zero-order valence-corrected chi connectivity index (χ0v) is 17.9. The third kappa shape index (κ3) is 2.98. The highest BCUT2D eigenvalue weighted by molar-refractivity contribution is 6.28. The lowest BCUT2D eigenvalue weighted by molar-refractivity contribution is 0.104. The Hall–Kier alpha value is -2.86. The molecule has 6 nitrogen and oxygen atoms in total. The second-order valence-corrected chi connectivity index (χ2v) is 8.56. The lowest BCUT2D eigenvalue weighted by atomic mass is 9.86. The summed E-state index contributed by atoms with van der Waals surface area (Å²) in [4.78, 5) is 18.4. The maximum atomic E-state index is 13.5. The van der Waals surface area contributed by atoms with Crippen molar-refractivity contribution in [2.75, 3.05) is 42.9 Å². The molecule has 0 unspecified atom stereocenters. The molecule has 30 heavy (non-hydrogen) atoms. The molecule has 1 aliphatic carbocycles. The Kier molecular flexibility index (Phi) is 4.74. The number of aromatic nitrogens is 1. The zero-order valence-electron chi connectivity index (χ0n) is 17.9. The van der Waals surface area contributed by atoms with Crippen molar-refractivity contribution in [3.63, 3.8) is 0 Å². The number of fused-ring (bicyclic) bond motifs is 2. The number of carbonyl (C=O) groups is 1. The van der Waals surface area contributed by atoms with Crippen LogP contribution in [0.2, 0.25) is 0 Å². The van der Waals surface area contributed by atoms with E-state index in [1.165, 1.54) is 6.42 Å². The van der Waals surface area contributed by atoms with Gasteiger partial charge >= 0.3 is 0 Å². The summed E-state index contributed by atoms with van der Waals surface area (Å²) in [6, 6.07) is 9.97. The molecule has 0 saturated carbocycles. The number of nitrogens with one attached hydrogen (secondary N) is 1. The van der Waals surface area contributed by atoms with Gasteiger partial charge in [-0.1, -0.05) is 36.3 Å². The maximum Gasteiger partial charge on any atom is 0.196 e. The number of hydrogen-bond acceptors (Lipinski definition) is 6. The predicted octanol–water partition coefficient (Wildman–Crippen LogP) is 4.39. The summed E-state index contributed by atoms with van der Waals surface area (Å²) >= 11 is 0. The first kappa shape index (κ1) is 19.1. The van der Waals surface area contributed by atoms with Crippen molar-refractivity contribution in [2.24, 2.45) is 0 Å². The molecular formula is C24H28N4O2. The molecule has 0 radical (unpaired) electrons. The fourth-order valence-electron chi connectivity index (χ4n) is 4.74. The normalized spacial score (nSPS) is 16.4. The highest BCUT2D eigenvalue weighted by Gasteiger charge is 2.34. The smallest absolute Gasteiger partial charge is 0.196 e. The Morgan fingerprint density at radius 2 is 1.87 bits per heavy atom. The first-order valence-corrected chi connectivity index (χ1v) is 10.9. The SMILES string of the molecule is CCCN1CCN(c2cc(NC(C)C)c3c4c(onc24)-c2ccccc2C3=O)CC1. The number of anilines is 2. The van der Waals surface area contributed by atoms with Crippen LogP contribution in [-0.4, -0.2) is 54.6 Å². The Balaban J connectivity index is 1.67. The quantitative estimate of drug-likeness (QED) is 0.532. The van der Waals surface area contributed by atoms with Gasteiger partial charge in [-0.3, -0.25) is 9.69 Å². The Bertz CT molecular complexity index is 1110. The summed E-state index contributed by atoms with van der Waals surface area (Å²) in [6.45, 7) is 11.5. The molecule has 1 fully saturated rings. The van der Waals surface area contributed by atoms with Gasteiger partial charge in [-0.05, 0) is 32.9 Å². The molecule has 0 atom stereocenters. The van der Waals surface area contributed by atoms with Gasteiger partial charge < -0.3 is 14.7 Å². The molecule has 156 valence electrons. The van der Waals surface area contributed by atoms with E-state index in [-0.39, 0.29) is 11.8 Å². The van der Waals surface area contributed by atoms with Crippen LogP contribution < -0.4 is 10.2 Å². The van der Waals surface area contributed by atoms with Crippen molar-refractivity contribution in [2.45, 2.75) is 33.2 Å². The summed E-state index contributed by atoms with van der Waals surface area (Å²) in [5, 5.41) is 8.82. The molecule has 5 rings (SSSR count). The van der Waals surface area contributed by atoms with Crippen LogP contribution in [0.15, 0.2) is 34.9 Å². The minimum absolute atomic E-state index is 0.0359. The molecule has 2 aromatic carbocycles. The van der Waals surface area contributed by atoms with Gasteiger partial charge in [-0.25, -0.2) is 0 Å². The zero-order chi connectivity index (χ0) is 20.8. The molecule has 0 amide bonds. The van der Waals surface area contributed by atoms with Gasteiger partial charge in [0.25, 0.3) is 0 Å². The number of benzene rings is 2. The Labute approximate surface area is 176 Å². The van der Waals surface area contributed by atoms with Gasteiger partial charge in [-0.2, -0.15) is 0 Å². The van der Waals surface area contributed by atoms with Crippen LogP contribution in [-0.2, 0) is 0 Å². The Morgan fingerprint density at radius 3 is 2.57 bits per heavy atom. The van der Waals surface area contributed by atoms with E-state index in [2.05, 4.69) is 47.1 Å². The summed E-state index contributed by atoms with van der Waals surface area (Å²) in [5.74, 6) is 0.738. The maximum absolute atomic E-state index is 13.5. The van der Waals surface area contributed by atoms with Crippen molar-refractivity contribution in [1.29, 1.82) is 0 Å². The van der Waals surface area contributed by atoms with Crippen LogP contribution in [0.5, 0.6) is 0 Å². The predicted molar refractivity (Wildman–Crippen MR) is 121 cm³/mol. The molecular weight excluding hydrogens is 376 g/mol.